The van der Waals surface area contributed by atoms with Crippen molar-refractivity contribution in [3.63, 3.8) is 0 Å². The Morgan fingerprint density at radius 3 is 2.57 bits per heavy atom. The summed E-state index contributed by atoms with van der Waals surface area (Å²) < 4.78 is 23.1. The molecule has 9 heteroatoms. The molecule has 1 aliphatic carbocycles. The second kappa shape index (κ2) is 7.97. The molecule has 0 heterocycles. The van der Waals surface area contributed by atoms with Crippen molar-refractivity contribution in [3.8, 4) is 0 Å². The van der Waals surface area contributed by atoms with E-state index in [1.54, 1.807) is 0 Å². The molecule has 148 valence electrons. The number of carbonyl (C=O) groups excluding carboxylic acids is 1. The molecule has 2 aromatic rings. The first kappa shape index (κ1) is 19.8. The van der Waals surface area contributed by atoms with Crippen LogP contribution in [-0.4, -0.2) is 38.6 Å². The van der Waals surface area contributed by atoms with Gasteiger partial charge < -0.3 is 10.6 Å². The number of benzene rings is 2. The molecule has 0 unspecified atom stereocenters. The third-order valence-electron chi connectivity index (χ3n) is 4.68. The zero-order chi connectivity index (χ0) is 20.3. The highest BCUT2D eigenvalue weighted by Crippen LogP contribution is 2.27. The lowest BCUT2D eigenvalue weighted by Gasteiger charge is -2.10. The molecule has 2 aromatic carbocycles. The maximum absolute atomic E-state index is 12.3. The minimum absolute atomic E-state index is 0.116. The number of nitro benzene ring substituents is 1. The number of aryl methyl sites for hydroxylation is 2. The number of hydrogen-bond donors (Lipinski definition) is 2. The third kappa shape index (κ3) is 4.48. The molecule has 3 rings (SSSR count). The van der Waals surface area contributed by atoms with Gasteiger partial charge in [-0.1, -0.05) is 6.07 Å². The second-order valence-corrected chi connectivity index (χ2v) is 8.74. The van der Waals surface area contributed by atoms with Gasteiger partial charge >= 0.3 is 0 Å². The molecule has 8 nitrogen and oxygen atoms in total. The Labute approximate surface area is 163 Å². The molecule has 28 heavy (non-hydrogen) atoms. The first-order valence-corrected chi connectivity index (χ1v) is 10.8. The van der Waals surface area contributed by atoms with Crippen molar-refractivity contribution in [2.24, 2.45) is 0 Å². The van der Waals surface area contributed by atoms with Crippen molar-refractivity contribution in [2.45, 2.75) is 24.2 Å². The van der Waals surface area contributed by atoms with Crippen molar-refractivity contribution in [3.05, 3.63) is 63.2 Å². The summed E-state index contributed by atoms with van der Waals surface area (Å²) in [5, 5.41) is 16.9. The van der Waals surface area contributed by atoms with E-state index in [0.717, 1.165) is 31.6 Å². The lowest BCUT2D eigenvalue weighted by molar-refractivity contribution is -0.384. The highest BCUT2D eigenvalue weighted by Gasteiger charge is 2.18. The van der Waals surface area contributed by atoms with Gasteiger partial charge in [0.2, 0.25) is 0 Å². The number of carbonyl (C=O) groups is 1. The first-order chi connectivity index (χ1) is 13.3. The van der Waals surface area contributed by atoms with Crippen LogP contribution in [0, 0.1) is 10.1 Å². The maximum atomic E-state index is 12.3. The van der Waals surface area contributed by atoms with Crippen LogP contribution >= 0.6 is 0 Å². The fourth-order valence-electron chi connectivity index (χ4n) is 3.23. The Bertz CT molecular complexity index is 1030. The first-order valence-electron chi connectivity index (χ1n) is 8.88. The van der Waals surface area contributed by atoms with E-state index >= 15 is 0 Å². The average molecular weight is 403 g/mol. The van der Waals surface area contributed by atoms with E-state index in [2.05, 4.69) is 10.6 Å². The number of hydrogen-bond acceptors (Lipinski definition) is 6. The van der Waals surface area contributed by atoms with Crippen molar-refractivity contribution >= 4 is 27.1 Å². The number of nitrogens with one attached hydrogen (secondary N) is 2. The van der Waals surface area contributed by atoms with Gasteiger partial charge in [-0.15, -0.1) is 0 Å². The van der Waals surface area contributed by atoms with Gasteiger partial charge in [0, 0.05) is 31.0 Å². The molecule has 2 N–H and O–H groups in total. The average Bonchev–Trinajstić information content (AvgIpc) is 3.11. The van der Waals surface area contributed by atoms with Gasteiger partial charge in [-0.3, -0.25) is 14.9 Å². The minimum Gasteiger partial charge on any atom is -0.378 e. The van der Waals surface area contributed by atoms with Gasteiger partial charge in [0.15, 0.2) is 9.84 Å². The zero-order valence-electron chi connectivity index (χ0n) is 15.4. The second-order valence-electron chi connectivity index (χ2n) is 6.73. The molecule has 0 aromatic heterocycles. The maximum Gasteiger partial charge on any atom is 0.293 e. The van der Waals surface area contributed by atoms with Gasteiger partial charge in [-0.05, 0) is 54.7 Å². The predicted octanol–water partition coefficient (Wildman–Crippen LogP) is 2.33. The summed E-state index contributed by atoms with van der Waals surface area (Å²) >= 11 is 0. The van der Waals surface area contributed by atoms with Crippen LogP contribution in [0.5, 0.6) is 0 Å². The monoisotopic (exact) mass is 403 g/mol. The minimum atomic E-state index is -3.54. The van der Waals surface area contributed by atoms with E-state index in [1.165, 1.54) is 23.3 Å². The Morgan fingerprint density at radius 1 is 1.11 bits per heavy atom. The highest BCUT2D eigenvalue weighted by molar-refractivity contribution is 7.90. The topological polar surface area (TPSA) is 118 Å². The molecule has 0 radical (unpaired) electrons. The van der Waals surface area contributed by atoms with Crippen LogP contribution in [0.25, 0.3) is 0 Å². The number of amides is 1. The Morgan fingerprint density at radius 2 is 1.86 bits per heavy atom. The van der Waals surface area contributed by atoms with Crippen molar-refractivity contribution in [1.82, 2.24) is 5.32 Å². The zero-order valence-corrected chi connectivity index (χ0v) is 16.2. The summed E-state index contributed by atoms with van der Waals surface area (Å²) in [4.78, 5) is 22.7. The molecule has 0 saturated heterocycles. The van der Waals surface area contributed by atoms with E-state index in [0.29, 0.717) is 5.56 Å². The quantitative estimate of drug-likeness (QED) is 0.416. The van der Waals surface area contributed by atoms with Gasteiger partial charge in [0.25, 0.3) is 11.6 Å². The lowest BCUT2D eigenvalue weighted by Crippen LogP contribution is -2.29. The molecule has 1 aliphatic rings. The molecule has 0 spiro atoms. The predicted molar refractivity (Wildman–Crippen MR) is 105 cm³/mol. The molecule has 0 fully saturated rings. The third-order valence-corrected chi connectivity index (χ3v) is 5.79. The van der Waals surface area contributed by atoms with Crippen LogP contribution in [0.2, 0.25) is 0 Å². The summed E-state index contributed by atoms with van der Waals surface area (Å²) in [6, 6.07) is 9.41. The summed E-state index contributed by atoms with van der Waals surface area (Å²) in [6.07, 6.45) is 4.15. The van der Waals surface area contributed by atoms with E-state index in [1.807, 2.05) is 18.2 Å². The Balaban J connectivity index is 1.59. The molecular formula is C19H21N3O5S. The van der Waals surface area contributed by atoms with Crippen LogP contribution in [0.15, 0.2) is 41.3 Å². The molecule has 0 saturated carbocycles. The highest BCUT2D eigenvalue weighted by atomic mass is 32.2. The van der Waals surface area contributed by atoms with E-state index in [9.17, 15) is 23.3 Å². The molecular weight excluding hydrogens is 382 g/mol. The molecule has 0 atom stereocenters. The van der Waals surface area contributed by atoms with Crippen molar-refractivity contribution in [2.75, 3.05) is 24.7 Å². The molecule has 0 aliphatic heterocycles. The van der Waals surface area contributed by atoms with E-state index < -0.39 is 14.8 Å². The molecule has 0 bridgehead atoms. The van der Waals surface area contributed by atoms with Crippen LogP contribution in [0.3, 0.4) is 0 Å². The summed E-state index contributed by atoms with van der Waals surface area (Å²) in [5.74, 6) is -0.196. The van der Waals surface area contributed by atoms with Gasteiger partial charge in [0.05, 0.1) is 9.82 Å². The number of rotatable bonds is 7. The van der Waals surface area contributed by atoms with Crippen LogP contribution in [0.4, 0.5) is 11.4 Å². The number of fused-ring (bicyclic) bond motifs is 1. The molecule has 1 amide bonds. The standard InChI is InChI=1S/C19H21N3O5S/c1-28(26,27)16-7-8-17(18(12-16)22(24)25)20-9-10-21-19(23)15-6-5-13-3-2-4-14(13)11-15/h5-8,11-12,20H,2-4,9-10H2,1H3,(H,21,23). The van der Waals surface area contributed by atoms with E-state index in [-0.39, 0.29) is 35.3 Å². The van der Waals surface area contributed by atoms with Crippen molar-refractivity contribution in [1.29, 1.82) is 0 Å². The van der Waals surface area contributed by atoms with Crippen LogP contribution in [0.1, 0.15) is 27.9 Å². The largest absolute Gasteiger partial charge is 0.378 e. The van der Waals surface area contributed by atoms with Crippen LogP contribution < -0.4 is 10.6 Å². The van der Waals surface area contributed by atoms with Crippen molar-refractivity contribution < 1.29 is 18.1 Å². The summed E-state index contributed by atoms with van der Waals surface area (Å²) in [5.41, 5.74) is 2.98. The number of sulfone groups is 1. The summed E-state index contributed by atoms with van der Waals surface area (Å²) in [6.45, 7) is 0.524. The number of nitrogens with zero attached hydrogens (tertiary/aromatic N) is 1. The number of nitro groups is 1. The fraction of sp³-hybridized carbons (Fsp3) is 0.316. The fourth-order valence-corrected chi connectivity index (χ4v) is 3.87. The number of anilines is 1. The SMILES string of the molecule is CS(=O)(=O)c1ccc(NCCNC(=O)c2ccc3c(c2)CCC3)c([N+](=O)[O-])c1. The van der Waals surface area contributed by atoms with Crippen LogP contribution in [-0.2, 0) is 22.7 Å². The summed E-state index contributed by atoms with van der Waals surface area (Å²) in [7, 11) is -3.54. The Kier molecular flexibility index (Phi) is 5.64. The van der Waals surface area contributed by atoms with Gasteiger partial charge in [-0.2, -0.15) is 0 Å². The van der Waals surface area contributed by atoms with E-state index in [4.69, 9.17) is 0 Å². The lowest BCUT2D eigenvalue weighted by atomic mass is 10.1. The van der Waals surface area contributed by atoms with Gasteiger partial charge in [0.1, 0.15) is 5.69 Å². The normalized spacial score (nSPS) is 13.0. The smallest absolute Gasteiger partial charge is 0.293 e. The Hall–Kier alpha value is -2.94. The van der Waals surface area contributed by atoms with Gasteiger partial charge in [-0.25, -0.2) is 8.42 Å².